The number of nitrogens with one attached hydrogen (secondary N) is 1. The Balaban J connectivity index is 1.97. The van der Waals surface area contributed by atoms with Crippen LogP contribution in [0.1, 0.15) is 24.2 Å². The fourth-order valence-electron chi connectivity index (χ4n) is 2.48. The SMILES string of the molecule is CCSc1ccc(Cl)cc1C(=O)N[C@@H](C)CN1CCOCC1. The van der Waals surface area contributed by atoms with Crippen molar-refractivity contribution in [3.63, 3.8) is 0 Å². The summed E-state index contributed by atoms with van der Waals surface area (Å²) >= 11 is 7.70. The Labute approximate surface area is 141 Å². The number of morpholine rings is 1. The van der Waals surface area contributed by atoms with Crippen molar-refractivity contribution in [2.75, 3.05) is 38.6 Å². The fraction of sp³-hybridized carbons (Fsp3) is 0.562. The van der Waals surface area contributed by atoms with Crippen LogP contribution in [0.25, 0.3) is 0 Å². The summed E-state index contributed by atoms with van der Waals surface area (Å²) in [6.45, 7) is 8.33. The van der Waals surface area contributed by atoms with E-state index in [0.717, 1.165) is 43.5 Å². The molecule has 0 radical (unpaired) electrons. The van der Waals surface area contributed by atoms with Gasteiger partial charge in [-0.05, 0) is 30.9 Å². The van der Waals surface area contributed by atoms with Crippen molar-refractivity contribution in [3.05, 3.63) is 28.8 Å². The average molecular weight is 343 g/mol. The van der Waals surface area contributed by atoms with Crippen LogP contribution >= 0.6 is 23.4 Å². The molecule has 22 heavy (non-hydrogen) atoms. The number of hydrogen-bond donors (Lipinski definition) is 1. The average Bonchev–Trinajstić information content (AvgIpc) is 2.50. The minimum absolute atomic E-state index is 0.0563. The summed E-state index contributed by atoms with van der Waals surface area (Å²) in [6.07, 6.45) is 0. The number of benzene rings is 1. The highest BCUT2D eigenvalue weighted by Gasteiger charge is 2.18. The summed E-state index contributed by atoms with van der Waals surface area (Å²) in [4.78, 5) is 15.8. The third-order valence-electron chi connectivity index (χ3n) is 3.50. The van der Waals surface area contributed by atoms with Gasteiger partial charge in [-0.2, -0.15) is 0 Å². The summed E-state index contributed by atoms with van der Waals surface area (Å²) < 4.78 is 5.34. The molecule has 0 unspecified atom stereocenters. The summed E-state index contributed by atoms with van der Waals surface area (Å²) in [5.74, 6) is 0.866. The highest BCUT2D eigenvalue weighted by atomic mass is 35.5. The maximum atomic E-state index is 12.5. The van der Waals surface area contributed by atoms with Crippen LogP contribution < -0.4 is 5.32 Å². The maximum Gasteiger partial charge on any atom is 0.252 e. The number of halogens is 1. The predicted molar refractivity (Wildman–Crippen MR) is 92.0 cm³/mol. The highest BCUT2D eigenvalue weighted by molar-refractivity contribution is 7.99. The zero-order chi connectivity index (χ0) is 15.9. The van der Waals surface area contributed by atoms with Gasteiger partial charge in [-0.3, -0.25) is 9.69 Å². The van der Waals surface area contributed by atoms with Gasteiger partial charge in [0.25, 0.3) is 5.91 Å². The molecule has 4 nitrogen and oxygen atoms in total. The quantitative estimate of drug-likeness (QED) is 0.807. The number of ether oxygens (including phenoxy) is 1. The topological polar surface area (TPSA) is 41.6 Å². The van der Waals surface area contributed by atoms with Crippen molar-refractivity contribution in [2.45, 2.75) is 24.8 Å². The molecular weight excluding hydrogens is 320 g/mol. The van der Waals surface area contributed by atoms with E-state index in [0.29, 0.717) is 10.6 Å². The van der Waals surface area contributed by atoms with Gasteiger partial charge in [-0.1, -0.05) is 18.5 Å². The highest BCUT2D eigenvalue weighted by Crippen LogP contribution is 2.25. The van der Waals surface area contributed by atoms with Gasteiger partial charge in [0.1, 0.15) is 0 Å². The molecule has 1 atom stereocenters. The summed E-state index contributed by atoms with van der Waals surface area (Å²) in [6, 6.07) is 5.58. The Hall–Kier alpha value is -0.750. The van der Waals surface area contributed by atoms with Gasteiger partial charge in [0, 0.05) is 35.6 Å². The zero-order valence-electron chi connectivity index (χ0n) is 13.1. The molecule has 1 saturated heterocycles. The Bertz CT molecular complexity index is 507. The second-order valence-corrected chi connectivity index (χ2v) is 7.10. The minimum atomic E-state index is -0.0563. The first-order chi connectivity index (χ1) is 10.6. The molecule has 1 aromatic carbocycles. The number of rotatable bonds is 6. The van der Waals surface area contributed by atoms with Gasteiger partial charge in [-0.15, -0.1) is 11.8 Å². The lowest BCUT2D eigenvalue weighted by Crippen LogP contribution is -2.46. The van der Waals surface area contributed by atoms with E-state index in [2.05, 4.69) is 17.1 Å². The molecule has 6 heteroatoms. The lowest BCUT2D eigenvalue weighted by Gasteiger charge is -2.29. The molecule has 1 amide bonds. The van der Waals surface area contributed by atoms with Crippen LogP contribution in [0.5, 0.6) is 0 Å². The normalized spacial score (nSPS) is 17.2. The van der Waals surface area contributed by atoms with Gasteiger partial charge in [-0.25, -0.2) is 0 Å². The van der Waals surface area contributed by atoms with E-state index >= 15 is 0 Å². The second-order valence-electron chi connectivity index (χ2n) is 5.36. The Morgan fingerprint density at radius 1 is 1.45 bits per heavy atom. The van der Waals surface area contributed by atoms with E-state index in [1.807, 2.05) is 19.1 Å². The van der Waals surface area contributed by atoms with Crippen LogP contribution in [0, 0.1) is 0 Å². The summed E-state index contributed by atoms with van der Waals surface area (Å²) in [7, 11) is 0. The molecule has 1 aromatic rings. The van der Waals surface area contributed by atoms with Crippen molar-refractivity contribution in [2.24, 2.45) is 0 Å². The van der Waals surface area contributed by atoms with Gasteiger partial charge in [0.15, 0.2) is 0 Å². The van der Waals surface area contributed by atoms with Gasteiger partial charge >= 0.3 is 0 Å². The molecule has 0 saturated carbocycles. The van der Waals surface area contributed by atoms with Crippen LogP contribution in [0.3, 0.4) is 0 Å². The van der Waals surface area contributed by atoms with Crippen molar-refractivity contribution in [3.8, 4) is 0 Å². The number of carbonyl (C=O) groups excluding carboxylic acids is 1. The standard InChI is InChI=1S/C16H23ClN2O2S/c1-3-22-15-5-4-13(17)10-14(15)16(20)18-12(2)11-19-6-8-21-9-7-19/h4-5,10,12H,3,6-9,11H2,1-2H3,(H,18,20)/t12-/m0/s1. The van der Waals surface area contributed by atoms with Crippen LogP contribution in [0.2, 0.25) is 5.02 Å². The van der Waals surface area contributed by atoms with Crippen molar-refractivity contribution < 1.29 is 9.53 Å². The molecule has 0 aromatic heterocycles. The Kier molecular flexibility index (Phi) is 7.02. The smallest absolute Gasteiger partial charge is 0.252 e. The number of thioether (sulfide) groups is 1. The third kappa shape index (κ3) is 5.16. The number of carbonyl (C=O) groups is 1. The largest absolute Gasteiger partial charge is 0.379 e. The van der Waals surface area contributed by atoms with Crippen molar-refractivity contribution in [1.29, 1.82) is 0 Å². The van der Waals surface area contributed by atoms with Gasteiger partial charge in [0.05, 0.1) is 18.8 Å². The van der Waals surface area contributed by atoms with Crippen LogP contribution in [0.4, 0.5) is 0 Å². The third-order valence-corrected chi connectivity index (χ3v) is 4.69. The Morgan fingerprint density at radius 3 is 2.86 bits per heavy atom. The number of amides is 1. The maximum absolute atomic E-state index is 12.5. The lowest BCUT2D eigenvalue weighted by atomic mass is 10.2. The monoisotopic (exact) mass is 342 g/mol. The first-order valence-electron chi connectivity index (χ1n) is 7.63. The minimum Gasteiger partial charge on any atom is -0.379 e. The molecule has 0 spiro atoms. The molecule has 1 heterocycles. The predicted octanol–water partition coefficient (Wildman–Crippen LogP) is 2.90. The molecule has 0 bridgehead atoms. The number of hydrogen-bond acceptors (Lipinski definition) is 4. The first kappa shape index (κ1) is 17.6. The first-order valence-corrected chi connectivity index (χ1v) is 8.99. The zero-order valence-corrected chi connectivity index (χ0v) is 14.7. The molecule has 1 aliphatic rings. The van der Waals surface area contributed by atoms with E-state index in [1.165, 1.54) is 0 Å². The molecule has 1 N–H and O–H groups in total. The van der Waals surface area contributed by atoms with Crippen molar-refractivity contribution >= 4 is 29.3 Å². The lowest BCUT2D eigenvalue weighted by molar-refractivity contribution is 0.0342. The summed E-state index contributed by atoms with van der Waals surface area (Å²) in [5, 5.41) is 3.67. The van der Waals surface area contributed by atoms with Gasteiger partial charge < -0.3 is 10.1 Å². The molecule has 0 aliphatic carbocycles. The second kappa shape index (κ2) is 8.77. The van der Waals surface area contributed by atoms with Crippen molar-refractivity contribution in [1.82, 2.24) is 10.2 Å². The van der Waals surface area contributed by atoms with E-state index in [9.17, 15) is 4.79 Å². The van der Waals surface area contributed by atoms with E-state index < -0.39 is 0 Å². The Morgan fingerprint density at radius 2 is 2.18 bits per heavy atom. The van der Waals surface area contributed by atoms with E-state index in [4.69, 9.17) is 16.3 Å². The van der Waals surface area contributed by atoms with E-state index in [1.54, 1.807) is 17.8 Å². The molecule has 1 aliphatic heterocycles. The molecule has 122 valence electrons. The van der Waals surface area contributed by atoms with E-state index in [-0.39, 0.29) is 11.9 Å². The van der Waals surface area contributed by atoms with Crippen LogP contribution in [-0.4, -0.2) is 55.4 Å². The molecule has 1 fully saturated rings. The fourth-order valence-corrected chi connectivity index (χ4v) is 3.43. The molecular formula is C16H23ClN2O2S. The molecule has 2 rings (SSSR count). The van der Waals surface area contributed by atoms with Crippen LogP contribution in [0.15, 0.2) is 23.1 Å². The van der Waals surface area contributed by atoms with Gasteiger partial charge in [0.2, 0.25) is 0 Å². The summed E-state index contributed by atoms with van der Waals surface area (Å²) in [5.41, 5.74) is 0.660. The number of nitrogens with zero attached hydrogens (tertiary/aromatic N) is 1. The van der Waals surface area contributed by atoms with Crippen LogP contribution in [-0.2, 0) is 4.74 Å².